The van der Waals surface area contributed by atoms with Crippen molar-refractivity contribution in [3.63, 3.8) is 0 Å². The Bertz CT molecular complexity index is 282. The molecule has 5 heteroatoms. The van der Waals surface area contributed by atoms with Crippen LogP contribution in [0.5, 0.6) is 0 Å². The van der Waals surface area contributed by atoms with E-state index >= 15 is 0 Å². The lowest BCUT2D eigenvalue weighted by molar-refractivity contribution is 0.536. The molecule has 0 fully saturated rings. The Labute approximate surface area is 68.9 Å². The van der Waals surface area contributed by atoms with Gasteiger partial charge in [-0.2, -0.15) is 0 Å². The van der Waals surface area contributed by atoms with E-state index in [1.165, 1.54) is 6.07 Å². The molecule has 1 nitrogen and oxygen atoms in total. The lowest BCUT2D eigenvalue weighted by atomic mass is 10.3. The minimum absolute atomic E-state index is 0.589. The maximum Gasteiger partial charge on any atom is 0.153 e. The SMILES string of the molecule is O=S(Cl)c1c(F)cccc1F. The lowest BCUT2D eigenvalue weighted by Gasteiger charge is -1.96. The van der Waals surface area contributed by atoms with E-state index in [4.69, 9.17) is 10.7 Å². The zero-order chi connectivity index (χ0) is 8.43. The van der Waals surface area contributed by atoms with Crippen LogP contribution in [0, 0.1) is 11.6 Å². The van der Waals surface area contributed by atoms with Crippen LogP contribution >= 0.6 is 10.7 Å². The highest BCUT2D eigenvalue weighted by molar-refractivity contribution is 8.08. The summed E-state index contributed by atoms with van der Waals surface area (Å²) in [7, 11) is 2.88. The first-order valence-electron chi connectivity index (χ1n) is 2.65. The highest BCUT2D eigenvalue weighted by Gasteiger charge is 2.12. The molecule has 0 amide bonds. The van der Waals surface area contributed by atoms with Gasteiger partial charge >= 0.3 is 0 Å². The summed E-state index contributed by atoms with van der Waals surface area (Å²) in [5.41, 5.74) is 0. The molecule has 0 saturated heterocycles. The zero-order valence-corrected chi connectivity index (χ0v) is 6.75. The number of halogens is 3. The van der Waals surface area contributed by atoms with Crippen LogP contribution < -0.4 is 0 Å². The molecule has 60 valence electrons. The molecule has 0 heterocycles. The molecule has 0 spiro atoms. The summed E-state index contributed by atoms with van der Waals surface area (Å²) in [4.78, 5) is -0.589. The van der Waals surface area contributed by atoms with Crippen molar-refractivity contribution in [2.45, 2.75) is 4.90 Å². The van der Waals surface area contributed by atoms with Gasteiger partial charge in [-0.05, 0) is 22.8 Å². The maximum atomic E-state index is 12.6. The van der Waals surface area contributed by atoms with Gasteiger partial charge in [0.1, 0.15) is 16.5 Å². The third-order valence-electron chi connectivity index (χ3n) is 1.08. The standard InChI is InChI=1S/C6H3ClF2OS/c7-11(10)6-4(8)2-1-3-5(6)9/h1-3H. The summed E-state index contributed by atoms with van der Waals surface area (Å²) in [6.45, 7) is 0. The predicted molar refractivity (Wildman–Crippen MR) is 38.6 cm³/mol. The van der Waals surface area contributed by atoms with Crippen LogP contribution in [0.3, 0.4) is 0 Å². The largest absolute Gasteiger partial charge is 0.237 e. The van der Waals surface area contributed by atoms with Crippen molar-refractivity contribution in [2.75, 3.05) is 0 Å². The molecule has 1 aromatic carbocycles. The van der Waals surface area contributed by atoms with Crippen LogP contribution in [-0.2, 0) is 10.0 Å². The van der Waals surface area contributed by atoms with E-state index in [-0.39, 0.29) is 0 Å². The van der Waals surface area contributed by atoms with Crippen molar-refractivity contribution >= 4 is 20.7 Å². The second-order valence-electron chi connectivity index (χ2n) is 1.77. The average Bonchev–Trinajstić information content (AvgIpc) is 1.85. The third kappa shape index (κ3) is 1.75. The molecule has 0 aliphatic rings. The Hall–Kier alpha value is -0.480. The molecule has 1 atom stereocenters. The van der Waals surface area contributed by atoms with E-state index in [9.17, 15) is 13.0 Å². The number of benzene rings is 1. The lowest BCUT2D eigenvalue weighted by Crippen LogP contribution is -1.92. The number of rotatable bonds is 1. The summed E-state index contributed by atoms with van der Waals surface area (Å²) in [5.74, 6) is -1.78. The Morgan fingerprint density at radius 2 is 1.73 bits per heavy atom. The normalized spacial score (nSPS) is 13.0. The van der Waals surface area contributed by atoms with Crippen LogP contribution in [0.2, 0.25) is 0 Å². The molecule has 0 bridgehead atoms. The van der Waals surface area contributed by atoms with Gasteiger partial charge in [-0.3, -0.25) is 0 Å². The summed E-state index contributed by atoms with van der Waals surface area (Å²) < 4.78 is 35.7. The summed E-state index contributed by atoms with van der Waals surface area (Å²) >= 11 is 0. The molecule has 1 unspecified atom stereocenters. The van der Waals surface area contributed by atoms with Gasteiger partial charge in [-0.15, -0.1) is 0 Å². The first kappa shape index (κ1) is 8.62. The number of hydrogen-bond acceptors (Lipinski definition) is 1. The molecule has 1 rings (SSSR count). The molecular weight excluding hydrogens is 194 g/mol. The highest BCUT2D eigenvalue weighted by atomic mass is 35.7. The fourth-order valence-electron chi connectivity index (χ4n) is 0.636. The van der Waals surface area contributed by atoms with E-state index in [2.05, 4.69) is 0 Å². The minimum atomic E-state index is -2.13. The quantitative estimate of drug-likeness (QED) is 0.630. The third-order valence-corrected chi connectivity index (χ3v) is 2.25. The molecular formula is C6H3ClF2OS. The zero-order valence-electron chi connectivity index (χ0n) is 5.18. The van der Waals surface area contributed by atoms with Crippen molar-refractivity contribution in [2.24, 2.45) is 0 Å². The van der Waals surface area contributed by atoms with Gasteiger partial charge < -0.3 is 0 Å². The highest BCUT2D eigenvalue weighted by Crippen LogP contribution is 2.18. The predicted octanol–water partition coefficient (Wildman–Crippen LogP) is 2.23. The van der Waals surface area contributed by atoms with E-state index < -0.39 is 26.5 Å². The van der Waals surface area contributed by atoms with E-state index in [0.29, 0.717) is 0 Å². The average molecular weight is 197 g/mol. The van der Waals surface area contributed by atoms with Crippen molar-refractivity contribution in [3.05, 3.63) is 29.8 Å². The van der Waals surface area contributed by atoms with Crippen molar-refractivity contribution in [3.8, 4) is 0 Å². The fourth-order valence-corrected chi connectivity index (χ4v) is 1.52. The summed E-state index contributed by atoms with van der Waals surface area (Å²) in [6, 6.07) is 3.18. The Morgan fingerprint density at radius 3 is 2.00 bits per heavy atom. The minimum Gasteiger partial charge on any atom is -0.237 e. The Kier molecular flexibility index (Phi) is 2.57. The van der Waals surface area contributed by atoms with Gasteiger partial charge in [0, 0.05) is 0 Å². The van der Waals surface area contributed by atoms with Gasteiger partial charge in [0.15, 0.2) is 10.0 Å². The van der Waals surface area contributed by atoms with E-state index in [0.717, 1.165) is 12.1 Å². The van der Waals surface area contributed by atoms with Crippen LogP contribution in [0.25, 0.3) is 0 Å². The second-order valence-corrected chi connectivity index (χ2v) is 3.47. The van der Waals surface area contributed by atoms with E-state index in [1.54, 1.807) is 0 Å². The first-order chi connectivity index (χ1) is 5.13. The first-order valence-corrected chi connectivity index (χ1v) is 4.62. The Morgan fingerprint density at radius 1 is 1.27 bits per heavy atom. The summed E-state index contributed by atoms with van der Waals surface area (Å²) in [5, 5.41) is 0. The van der Waals surface area contributed by atoms with Gasteiger partial charge in [0.05, 0.1) is 0 Å². The summed E-state index contributed by atoms with van der Waals surface area (Å²) in [6.07, 6.45) is 0. The van der Waals surface area contributed by atoms with E-state index in [1.807, 2.05) is 0 Å². The van der Waals surface area contributed by atoms with Crippen LogP contribution in [0.4, 0.5) is 8.78 Å². The monoisotopic (exact) mass is 196 g/mol. The topological polar surface area (TPSA) is 17.1 Å². The molecule has 11 heavy (non-hydrogen) atoms. The van der Waals surface area contributed by atoms with Crippen molar-refractivity contribution in [1.82, 2.24) is 0 Å². The van der Waals surface area contributed by atoms with Gasteiger partial charge in [0.2, 0.25) is 0 Å². The van der Waals surface area contributed by atoms with Crippen molar-refractivity contribution in [1.29, 1.82) is 0 Å². The molecule has 0 radical (unpaired) electrons. The van der Waals surface area contributed by atoms with Gasteiger partial charge in [-0.1, -0.05) is 6.07 Å². The molecule has 0 aromatic heterocycles. The molecule has 1 aromatic rings. The van der Waals surface area contributed by atoms with Gasteiger partial charge in [0.25, 0.3) is 0 Å². The van der Waals surface area contributed by atoms with Gasteiger partial charge in [-0.25, -0.2) is 13.0 Å². The second kappa shape index (κ2) is 3.28. The van der Waals surface area contributed by atoms with Crippen LogP contribution in [0.15, 0.2) is 23.1 Å². The molecule has 0 saturated carbocycles. The fraction of sp³-hybridized carbons (Fsp3) is 0. The Balaban J connectivity index is 3.32. The maximum absolute atomic E-state index is 12.6. The molecule has 0 aliphatic heterocycles. The van der Waals surface area contributed by atoms with Crippen LogP contribution in [0.1, 0.15) is 0 Å². The molecule has 0 aliphatic carbocycles. The number of hydrogen-bond donors (Lipinski definition) is 0. The smallest absolute Gasteiger partial charge is 0.153 e. The van der Waals surface area contributed by atoms with Crippen LogP contribution in [-0.4, -0.2) is 4.21 Å². The van der Waals surface area contributed by atoms with Crippen molar-refractivity contribution < 1.29 is 13.0 Å². The molecule has 0 N–H and O–H groups in total.